The molecule has 1 aromatic heterocycles. The molecule has 0 saturated heterocycles. The van der Waals surface area contributed by atoms with Crippen LogP contribution >= 0.6 is 0 Å². The summed E-state index contributed by atoms with van der Waals surface area (Å²) in [6.45, 7) is 1.01. The number of aromatic nitrogens is 2. The summed E-state index contributed by atoms with van der Waals surface area (Å²) in [6, 6.07) is 8.36. The summed E-state index contributed by atoms with van der Waals surface area (Å²) < 4.78 is 0. The Labute approximate surface area is 107 Å². The van der Waals surface area contributed by atoms with Gasteiger partial charge in [-0.3, -0.25) is 4.98 Å². The van der Waals surface area contributed by atoms with Crippen molar-refractivity contribution in [2.75, 3.05) is 18.5 Å². The van der Waals surface area contributed by atoms with Crippen molar-refractivity contribution < 1.29 is 0 Å². The van der Waals surface area contributed by atoms with Crippen molar-refractivity contribution in [3.63, 3.8) is 0 Å². The minimum Gasteiger partial charge on any atom is -0.358 e. The number of nitrogens with two attached hydrogens (primary N) is 1. The predicted octanol–water partition coefficient (Wildman–Crippen LogP) is 1.80. The smallest absolute Gasteiger partial charge is 0.147 e. The van der Waals surface area contributed by atoms with Crippen LogP contribution in [0.25, 0.3) is 11.0 Å². The molecule has 1 aliphatic carbocycles. The largest absolute Gasteiger partial charge is 0.358 e. The zero-order chi connectivity index (χ0) is 12.5. The summed E-state index contributed by atoms with van der Waals surface area (Å²) >= 11 is 0. The van der Waals surface area contributed by atoms with Gasteiger partial charge in [-0.25, -0.2) is 4.98 Å². The van der Waals surface area contributed by atoms with Crippen LogP contribution in [-0.2, 0) is 0 Å². The molecule has 1 aromatic carbocycles. The van der Waals surface area contributed by atoms with E-state index in [0.29, 0.717) is 12.0 Å². The van der Waals surface area contributed by atoms with E-state index in [0.717, 1.165) is 36.2 Å². The Morgan fingerprint density at radius 1 is 1.28 bits per heavy atom. The average molecular weight is 242 g/mol. The molecule has 2 aromatic rings. The van der Waals surface area contributed by atoms with Crippen LogP contribution in [0.2, 0.25) is 0 Å². The SMILES string of the molecule is CN(CC1CC(N)C1)c1cnc2ccccc2n1. The Kier molecular flexibility index (Phi) is 2.88. The maximum atomic E-state index is 5.81. The number of rotatable bonds is 3. The molecule has 1 fully saturated rings. The van der Waals surface area contributed by atoms with E-state index in [1.54, 1.807) is 0 Å². The second kappa shape index (κ2) is 4.53. The summed E-state index contributed by atoms with van der Waals surface area (Å²) in [6.07, 6.45) is 4.11. The molecule has 0 atom stereocenters. The molecule has 0 amide bonds. The maximum Gasteiger partial charge on any atom is 0.147 e. The molecule has 1 aliphatic rings. The lowest BCUT2D eigenvalue weighted by atomic mass is 9.81. The molecule has 1 saturated carbocycles. The fourth-order valence-corrected chi connectivity index (χ4v) is 2.55. The number of hydrogen-bond acceptors (Lipinski definition) is 4. The first-order valence-electron chi connectivity index (χ1n) is 6.41. The molecule has 0 unspecified atom stereocenters. The fourth-order valence-electron chi connectivity index (χ4n) is 2.55. The van der Waals surface area contributed by atoms with Gasteiger partial charge in [0.05, 0.1) is 17.2 Å². The molecular weight excluding hydrogens is 224 g/mol. The van der Waals surface area contributed by atoms with Gasteiger partial charge in [-0.1, -0.05) is 12.1 Å². The van der Waals surface area contributed by atoms with E-state index in [1.165, 1.54) is 0 Å². The van der Waals surface area contributed by atoms with E-state index in [9.17, 15) is 0 Å². The van der Waals surface area contributed by atoms with Crippen LogP contribution in [-0.4, -0.2) is 29.6 Å². The number of fused-ring (bicyclic) bond motifs is 1. The van der Waals surface area contributed by atoms with Crippen LogP contribution < -0.4 is 10.6 Å². The van der Waals surface area contributed by atoms with Gasteiger partial charge in [-0.05, 0) is 30.9 Å². The quantitative estimate of drug-likeness (QED) is 0.891. The Hall–Kier alpha value is -1.68. The number of benzene rings is 1. The minimum absolute atomic E-state index is 0.408. The van der Waals surface area contributed by atoms with E-state index >= 15 is 0 Å². The van der Waals surface area contributed by atoms with Gasteiger partial charge in [0.25, 0.3) is 0 Å². The van der Waals surface area contributed by atoms with Crippen LogP contribution in [0.5, 0.6) is 0 Å². The first-order valence-corrected chi connectivity index (χ1v) is 6.41. The molecule has 18 heavy (non-hydrogen) atoms. The minimum atomic E-state index is 0.408. The zero-order valence-electron chi connectivity index (χ0n) is 10.6. The lowest BCUT2D eigenvalue weighted by Crippen LogP contribution is -2.42. The van der Waals surface area contributed by atoms with Gasteiger partial charge in [0.15, 0.2) is 0 Å². The molecule has 0 radical (unpaired) electrons. The van der Waals surface area contributed by atoms with Gasteiger partial charge >= 0.3 is 0 Å². The van der Waals surface area contributed by atoms with Crippen molar-refractivity contribution in [1.29, 1.82) is 0 Å². The van der Waals surface area contributed by atoms with E-state index in [4.69, 9.17) is 5.73 Å². The molecule has 4 heteroatoms. The Morgan fingerprint density at radius 2 is 2.00 bits per heavy atom. The van der Waals surface area contributed by atoms with Crippen LogP contribution in [0.15, 0.2) is 30.5 Å². The summed E-state index contributed by atoms with van der Waals surface area (Å²) in [4.78, 5) is 11.3. The highest BCUT2D eigenvalue weighted by Crippen LogP contribution is 2.27. The third-order valence-corrected chi connectivity index (χ3v) is 3.63. The third-order valence-electron chi connectivity index (χ3n) is 3.63. The summed E-state index contributed by atoms with van der Waals surface area (Å²) in [5, 5.41) is 0. The second-order valence-corrected chi connectivity index (χ2v) is 5.19. The topological polar surface area (TPSA) is 55.0 Å². The van der Waals surface area contributed by atoms with Gasteiger partial charge in [0.2, 0.25) is 0 Å². The van der Waals surface area contributed by atoms with Crippen molar-refractivity contribution in [1.82, 2.24) is 9.97 Å². The first kappa shape index (κ1) is 11.4. The molecule has 3 rings (SSSR count). The second-order valence-electron chi connectivity index (χ2n) is 5.19. The van der Waals surface area contributed by atoms with Gasteiger partial charge in [-0.15, -0.1) is 0 Å². The van der Waals surface area contributed by atoms with Gasteiger partial charge in [-0.2, -0.15) is 0 Å². The van der Waals surface area contributed by atoms with Gasteiger partial charge in [0.1, 0.15) is 5.82 Å². The molecule has 94 valence electrons. The molecule has 1 heterocycles. The summed E-state index contributed by atoms with van der Waals surface area (Å²) in [7, 11) is 2.07. The number of para-hydroxylation sites is 2. The van der Waals surface area contributed by atoms with E-state index in [1.807, 2.05) is 30.5 Å². The number of nitrogens with zero attached hydrogens (tertiary/aromatic N) is 3. The summed E-state index contributed by atoms with van der Waals surface area (Å²) in [5.74, 6) is 1.65. The highest BCUT2D eigenvalue weighted by atomic mass is 15.2. The molecule has 0 aliphatic heterocycles. The Bertz CT molecular complexity index is 548. The van der Waals surface area contributed by atoms with E-state index < -0.39 is 0 Å². The maximum absolute atomic E-state index is 5.81. The summed E-state index contributed by atoms with van der Waals surface area (Å²) in [5.41, 5.74) is 7.71. The van der Waals surface area contributed by atoms with Crippen LogP contribution in [0.1, 0.15) is 12.8 Å². The van der Waals surface area contributed by atoms with Crippen molar-refractivity contribution in [3.05, 3.63) is 30.5 Å². The Balaban J connectivity index is 1.76. The normalized spacial score (nSPS) is 22.8. The van der Waals surface area contributed by atoms with Crippen LogP contribution in [0.4, 0.5) is 5.82 Å². The average Bonchev–Trinajstić information content (AvgIpc) is 2.36. The van der Waals surface area contributed by atoms with Crippen LogP contribution in [0.3, 0.4) is 0 Å². The van der Waals surface area contributed by atoms with Gasteiger partial charge < -0.3 is 10.6 Å². The van der Waals surface area contributed by atoms with Crippen molar-refractivity contribution in [2.24, 2.45) is 11.7 Å². The first-order chi connectivity index (χ1) is 8.72. The third kappa shape index (κ3) is 2.16. The monoisotopic (exact) mass is 242 g/mol. The van der Waals surface area contributed by atoms with Crippen molar-refractivity contribution >= 4 is 16.9 Å². The number of anilines is 1. The molecule has 0 bridgehead atoms. The molecule has 4 nitrogen and oxygen atoms in total. The number of hydrogen-bond donors (Lipinski definition) is 1. The van der Waals surface area contributed by atoms with E-state index in [-0.39, 0.29) is 0 Å². The van der Waals surface area contributed by atoms with Gasteiger partial charge in [0, 0.05) is 19.6 Å². The molecule has 2 N–H and O–H groups in total. The molecular formula is C14H18N4. The Morgan fingerprint density at radius 3 is 2.72 bits per heavy atom. The molecule has 0 spiro atoms. The zero-order valence-corrected chi connectivity index (χ0v) is 10.6. The fraction of sp³-hybridized carbons (Fsp3) is 0.429. The lowest BCUT2D eigenvalue weighted by molar-refractivity contribution is 0.270. The predicted molar refractivity (Wildman–Crippen MR) is 73.5 cm³/mol. The standard InChI is InChI=1S/C14H18N4/c1-18(9-10-6-11(15)7-10)14-8-16-12-4-2-3-5-13(12)17-14/h2-5,8,10-11H,6-7,9,15H2,1H3. The van der Waals surface area contributed by atoms with E-state index in [2.05, 4.69) is 21.9 Å². The van der Waals surface area contributed by atoms with Crippen molar-refractivity contribution in [3.8, 4) is 0 Å². The lowest BCUT2D eigenvalue weighted by Gasteiger charge is -2.35. The highest BCUT2D eigenvalue weighted by molar-refractivity contribution is 5.75. The van der Waals surface area contributed by atoms with Crippen molar-refractivity contribution in [2.45, 2.75) is 18.9 Å². The highest BCUT2D eigenvalue weighted by Gasteiger charge is 2.27. The van der Waals surface area contributed by atoms with Crippen LogP contribution in [0, 0.1) is 5.92 Å².